The largest absolute Gasteiger partial charge is 0.496 e. The number of benzene rings is 3. The predicted octanol–water partition coefficient (Wildman–Crippen LogP) is 6.16. The molecule has 4 rings (SSSR count). The zero-order chi connectivity index (χ0) is 24.9. The molecule has 1 heterocycles. The van der Waals surface area contributed by atoms with Gasteiger partial charge in [0.15, 0.2) is 11.0 Å². The Balaban J connectivity index is 1.67. The molecule has 9 heteroatoms. The summed E-state index contributed by atoms with van der Waals surface area (Å²) in [5.41, 5.74) is 3.17. The fraction of sp³-hybridized carbons (Fsp3) is 0.192. The van der Waals surface area contributed by atoms with E-state index in [-0.39, 0.29) is 11.7 Å². The van der Waals surface area contributed by atoms with E-state index in [1.165, 1.54) is 31.0 Å². The van der Waals surface area contributed by atoms with Gasteiger partial charge in [0.05, 0.1) is 24.4 Å². The van der Waals surface area contributed by atoms with Gasteiger partial charge >= 0.3 is 0 Å². The second-order valence-electron chi connectivity index (χ2n) is 7.92. The molecule has 1 unspecified atom stereocenters. The number of carbonyl (C=O) groups excluding carboxylic acids is 1. The summed E-state index contributed by atoms with van der Waals surface area (Å²) in [6, 6.07) is 18.5. The highest BCUT2D eigenvalue weighted by atomic mass is 35.5. The van der Waals surface area contributed by atoms with Crippen LogP contribution in [0.3, 0.4) is 0 Å². The predicted molar refractivity (Wildman–Crippen MR) is 136 cm³/mol. The first-order valence-corrected chi connectivity index (χ1v) is 12.3. The number of hydrogen-bond donors (Lipinski definition) is 1. The molecule has 0 saturated heterocycles. The molecule has 4 aromatic rings. The van der Waals surface area contributed by atoms with Crippen LogP contribution in [0.5, 0.6) is 5.75 Å². The maximum absolute atomic E-state index is 13.3. The van der Waals surface area contributed by atoms with Crippen LogP contribution in [0.4, 0.5) is 4.39 Å². The summed E-state index contributed by atoms with van der Waals surface area (Å²) in [6.07, 6.45) is 0. The third-order valence-corrected chi connectivity index (χ3v) is 6.67. The molecule has 3 aromatic carbocycles. The van der Waals surface area contributed by atoms with E-state index in [0.717, 1.165) is 16.8 Å². The molecule has 180 valence electrons. The van der Waals surface area contributed by atoms with Crippen LogP contribution < -0.4 is 10.1 Å². The van der Waals surface area contributed by atoms with Gasteiger partial charge in [-0.3, -0.25) is 9.36 Å². The van der Waals surface area contributed by atoms with Gasteiger partial charge in [0.2, 0.25) is 0 Å². The summed E-state index contributed by atoms with van der Waals surface area (Å²) >= 11 is 7.79. The van der Waals surface area contributed by atoms with Crippen molar-refractivity contribution in [1.29, 1.82) is 0 Å². The Morgan fingerprint density at radius 2 is 1.89 bits per heavy atom. The molecule has 0 aliphatic carbocycles. The van der Waals surface area contributed by atoms with Gasteiger partial charge in [-0.25, -0.2) is 4.39 Å². The van der Waals surface area contributed by atoms with E-state index in [4.69, 9.17) is 16.3 Å². The standard InChI is InChI=1S/C26H24ClFN4O2S/c1-16-8-11-19(27)14-22(16)32-24(17(2)29-25(33)21-6-4-5-7-23(21)34-3)30-31-26(32)35-15-18-9-12-20(28)13-10-18/h4-14,17H,15H2,1-3H3,(H,29,33). The van der Waals surface area contributed by atoms with Crippen LogP contribution in [-0.2, 0) is 5.75 Å². The number of thioether (sulfide) groups is 1. The molecular formula is C26H24ClFN4O2S. The topological polar surface area (TPSA) is 69.0 Å². The molecule has 0 aliphatic rings. The van der Waals surface area contributed by atoms with Crippen LogP contribution >= 0.6 is 23.4 Å². The minimum atomic E-state index is -0.474. The Bertz CT molecular complexity index is 1340. The number of ether oxygens (including phenoxy) is 1. The quantitative estimate of drug-likeness (QED) is 0.287. The maximum atomic E-state index is 13.3. The monoisotopic (exact) mass is 510 g/mol. The Kier molecular flexibility index (Phi) is 7.73. The van der Waals surface area contributed by atoms with Gasteiger partial charge in [0.1, 0.15) is 11.6 Å². The molecule has 0 radical (unpaired) electrons. The molecule has 1 aromatic heterocycles. The number of nitrogens with one attached hydrogen (secondary N) is 1. The van der Waals surface area contributed by atoms with Gasteiger partial charge in [-0.2, -0.15) is 0 Å². The van der Waals surface area contributed by atoms with Crippen molar-refractivity contribution in [2.45, 2.75) is 30.8 Å². The van der Waals surface area contributed by atoms with Gasteiger partial charge in [0, 0.05) is 10.8 Å². The van der Waals surface area contributed by atoms with E-state index in [9.17, 15) is 9.18 Å². The van der Waals surface area contributed by atoms with Crippen LogP contribution in [0.25, 0.3) is 5.69 Å². The van der Waals surface area contributed by atoms with E-state index >= 15 is 0 Å². The zero-order valence-corrected chi connectivity index (χ0v) is 21.0. The third-order valence-electron chi connectivity index (χ3n) is 5.44. The SMILES string of the molecule is COc1ccccc1C(=O)NC(C)c1nnc(SCc2ccc(F)cc2)n1-c1cc(Cl)ccc1C. The van der Waals surface area contributed by atoms with Crippen molar-refractivity contribution in [2.24, 2.45) is 0 Å². The van der Waals surface area contributed by atoms with Crippen molar-refractivity contribution >= 4 is 29.3 Å². The molecule has 0 aliphatic heterocycles. The van der Waals surface area contributed by atoms with Crippen molar-refractivity contribution in [1.82, 2.24) is 20.1 Å². The number of para-hydroxylation sites is 1. The smallest absolute Gasteiger partial charge is 0.255 e. The number of aromatic nitrogens is 3. The number of methoxy groups -OCH3 is 1. The molecule has 1 amide bonds. The first-order chi connectivity index (χ1) is 16.9. The Hall–Kier alpha value is -3.36. The van der Waals surface area contributed by atoms with Crippen molar-refractivity contribution in [3.8, 4) is 11.4 Å². The van der Waals surface area contributed by atoms with Crippen LogP contribution in [-0.4, -0.2) is 27.8 Å². The van der Waals surface area contributed by atoms with Crippen LogP contribution in [0.1, 0.15) is 40.3 Å². The summed E-state index contributed by atoms with van der Waals surface area (Å²) in [6.45, 7) is 3.82. The van der Waals surface area contributed by atoms with Gasteiger partial charge in [-0.1, -0.05) is 53.7 Å². The van der Waals surface area contributed by atoms with Gasteiger partial charge in [-0.15, -0.1) is 10.2 Å². The van der Waals surface area contributed by atoms with Crippen LogP contribution in [0.2, 0.25) is 5.02 Å². The molecule has 0 bridgehead atoms. The number of halogens is 2. The molecule has 1 atom stereocenters. The van der Waals surface area contributed by atoms with Gasteiger partial charge in [0.25, 0.3) is 5.91 Å². The van der Waals surface area contributed by atoms with Gasteiger partial charge < -0.3 is 10.1 Å². The summed E-state index contributed by atoms with van der Waals surface area (Å²) in [5.74, 6) is 1.05. The molecule has 0 saturated carbocycles. The molecule has 6 nitrogen and oxygen atoms in total. The highest BCUT2D eigenvalue weighted by Crippen LogP contribution is 2.31. The Labute approximate surface area is 212 Å². The minimum Gasteiger partial charge on any atom is -0.496 e. The normalized spacial score (nSPS) is 11.8. The van der Waals surface area contributed by atoms with Crippen LogP contribution in [0, 0.1) is 12.7 Å². The highest BCUT2D eigenvalue weighted by molar-refractivity contribution is 7.98. The van der Waals surface area contributed by atoms with E-state index < -0.39 is 6.04 Å². The molecule has 35 heavy (non-hydrogen) atoms. The lowest BCUT2D eigenvalue weighted by molar-refractivity contribution is 0.0935. The number of carbonyl (C=O) groups is 1. The van der Waals surface area contributed by atoms with Crippen molar-refractivity contribution in [2.75, 3.05) is 7.11 Å². The van der Waals surface area contributed by atoms with Crippen molar-refractivity contribution in [3.05, 3.63) is 100 Å². The minimum absolute atomic E-state index is 0.279. The molecular weight excluding hydrogens is 487 g/mol. The van der Waals surface area contributed by atoms with Crippen molar-refractivity contribution in [3.63, 3.8) is 0 Å². The summed E-state index contributed by atoms with van der Waals surface area (Å²) in [4.78, 5) is 13.0. The summed E-state index contributed by atoms with van der Waals surface area (Å²) < 4.78 is 20.5. The van der Waals surface area contributed by atoms with E-state index in [2.05, 4.69) is 15.5 Å². The van der Waals surface area contributed by atoms with E-state index in [0.29, 0.717) is 33.1 Å². The van der Waals surface area contributed by atoms with E-state index in [1.807, 2.05) is 42.7 Å². The number of nitrogens with zero attached hydrogens (tertiary/aromatic N) is 3. The van der Waals surface area contributed by atoms with Crippen molar-refractivity contribution < 1.29 is 13.9 Å². The van der Waals surface area contributed by atoms with Crippen LogP contribution in [0.15, 0.2) is 71.9 Å². The average molecular weight is 511 g/mol. The lowest BCUT2D eigenvalue weighted by atomic mass is 10.1. The zero-order valence-electron chi connectivity index (χ0n) is 19.5. The molecule has 1 N–H and O–H groups in total. The second kappa shape index (κ2) is 10.9. The van der Waals surface area contributed by atoms with Gasteiger partial charge in [-0.05, 0) is 61.4 Å². The lowest BCUT2D eigenvalue weighted by Crippen LogP contribution is -2.29. The summed E-state index contributed by atoms with van der Waals surface area (Å²) in [5, 5.41) is 13.0. The van der Waals surface area contributed by atoms with E-state index in [1.54, 1.807) is 30.3 Å². The first kappa shape index (κ1) is 24.8. The summed E-state index contributed by atoms with van der Waals surface area (Å²) in [7, 11) is 1.53. The molecule has 0 spiro atoms. The Morgan fingerprint density at radius 3 is 2.63 bits per heavy atom. The first-order valence-electron chi connectivity index (χ1n) is 10.9. The number of amides is 1. The lowest BCUT2D eigenvalue weighted by Gasteiger charge is -2.18. The second-order valence-corrected chi connectivity index (χ2v) is 9.30. The fourth-order valence-electron chi connectivity index (χ4n) is 3.60. The number of rotatable bonds is 8. The number of hydrogen-bond acceptors (Lipinski definition) is 5. The third kappa shape index (κ3) is 5.66. The number of aryl methyl sites for hydroxylation is 1. The highest BCUT2D eigenvalue weighted by Gasteiger charge is 2.23. The average Bonchev–Trinajstić information content (AvgIpc) is 3.29. The maximum Gasteiger partial charge on any atom is 0.255 e. The Morgan fingerprint density at radius 1 is 1.14 bits per heavy atom. The molecule has 0 fully saturated rings. The fourth-order valence-corrected chi connectivity index (χ4v) is 4.68.